The van der Waals surface area contributed by atoms with E-state index in [-0.39, 0.29) is 12.1 Å². The van der Waals surface area contributed by atoms with Gasteiger partial charge in [0, 0.05) is 11.5 Å². The highest BCUT2D eigenvalue weighted by Gasteiger charge is 2.11. The Morgan fingerprint density at radius 3 is 3.00 bits per heavy atom. The van der Waals surface area contributed by atoms with E-state index in [2.05, 4.69) is 42.9 Å². The van der Waals surface area contributed by atoms with E-state index in [1.807, 2.05) is 31.3 Å². The van der Waals surface area contributed by atoms with Gasteiger partial charge in [-0.3, -0.25) is 0 Å². The number of nitrogens with one attached hydrogen (secondary N) is 2. The molecule has 0 fully saturated rings. The normalized spacial score (nSPS) is 11.9. The molecule has 1 aromatic carbocycles. The Hall–Kier alpha value is -1.89. The van der Waals surface area contributed by atoms with Gasteiger partial charge in [-0.25, -0.2) is 9.48 Å². The van der Waals surface area contributed by atoms with Crippen molar-refractivity contribution in [1.82, 2.24) is 25.6 Å². The minimum absolute atomic E-state index is 0.0775. The van der Waals surface area contributed by atoms with Gasteiger partial charge in [0.15, 0.2) is 0 Å². The molecule has 2 N–H and O–H groups in total. The quantitative estimate of drug-likeness (QED) is 0.897. The number of aromatic nitrogens is 3. The second-order valence-electron chi connectivity index (χ2n) is 4.35. The summed E-state index contributed by atoms with van der Waals surface area (Å²) < 4.78 is 2.81. The fourth-order valence-corrected chi connectivity index (χ4v) is 2.18. The maximum atomic E-state index is 11.1. The highest BCUT2D eigenvalue weighted by Crippen LogP contribution is 2.20. The molecule has 1 atom stereocenters. The Kier molecular flexibility index (Phi) is 4.73. The van der Waals surface area contributed by atoms with Crippen LogP contribution in [0.4, 0.5) is 4.79 Å². The zero-order chi connectivity index (χ0) is 14.5. The van der Waals surface area contributed by atoms with E-state index in [9.17, 15) is 4.79 Å². The van der Waals surface area contributed by atoms with E-state index in [1.165, 1.54) is 0 Å². The maximum absolute atomic E-state index is 11.1. The molecule has 2 amide bonds. The summed E-state index contributed by atoms with van der Waals surface area (Å²) in [5.41, 5.74) is 1.85. The molecule has 20 heavy (non-hydrogen) atoms. The van der Waals surface area contributed by atoms with Gasteiger partial charge in [0.1, 0.15) is 5.69 Å². The fourth-order valence-electron chi connectivity index (χ4n) is 1.76. The molecule has 2 rings (SSSR count). The third kappa shape index (κ3) is 3.57. The first kappa shape index (κ1) is 14.5. The van der Waals surface area contributed by atoms with Crippen molar-refractivity contribution >= 4 is 22.0 Å². The lowest BCUT2D eigenvalue weighted by Crippen LogP contribution is -2.32. The molecule has 0 radical (unpaired) electrons. The van der Waals surface area contributed by atoms with Crippen LogP contribution in [-0.2, 0) is 6.54 Å². The first-order valence-corrected chi connectivity index (χ1v) is 7.01. The maximum Gasteiger partial charge on any atom is 0.314 e. The molecule has 6 nitrogen and oxygen atoms in total. The minimum atomic E-state index is -0.236. The highest BCUT2D eigenvalue weighted by atomic mass is 79.9. The van der Waals surface area contributed by atoms with Crippen LogP contribution in [0.25, 0.3) is 0 Å². The van der Waals surface area contributed by atoms with E-state index in [0.29, 0.717) is 6.54 Å². The Morgan fingerprint density at radius 2 is 2.30 bits per heavy atom. The lowest BCUT2D eigenvalue weighted by Gasteiger charge is -2.11. The van der Waals surface area contributed by atoms with Crippen LogP contribution in [0.1, 0.15) is 24.2 Å². The van der Waals surface area contributed by atoms with E-state index < -0.39 is 0 Å². The van der Waals surface area contributed by atoms with Crippen LogP contribution >= 0.6 is 15.9 Å². The van der Waals surface area contributed by atoms with Crippen molar-refractivity contribution in [2.75, 3.05) is 7.05 Å². The molecule has 0 aliphatic carbocycles. The van der Waals surface area contributed by atoms with Crippen molar-refractivity contribution in [2.45, 2.75) is 19.5 Å². The predicted molar refractivity (Wildman–Crippen MR) is 79.3 cm³/mol. The first-order chi connectivity index (χ1) is 9.60. The van der Waals surface area contributed by atoms with E-state index in [1.54, 1.807) is 11.7 Å². The molecule has 0 saturated carbocycles. The lowest BCUT2D eigenvalue weighted by atomic mass is 10.1. The van der Waals surface area contributed by atoms with Gasteiger partial charge in [0.05, 0.1) is 18.8 Å². The van der Waals surface area contributed by atoms with Crippen molar-refractivity contribution in [3.63, 3.8) is 0 Å². The summed E-state index contributed by atoms with van der Waals surface area (Å²) in [6.45, 7) is 2.40. The molecule has 106 valence electrons. The van der Waals surface area contributed by atoms with Gasteiger partial charge in [-0.1, -0.05) is 33.3 Å². The van der Waals surface area contributed by atoms with Gasteiger partial charge in [-0.2, -0.15) is 0 Å². The van der Waals surface area contributed by atoms with Crippen LogP contribution in [0, 0.1) is 0 Å². The number of hydrogen-bond donors (Lipinski definition) is 2. The Morgan fingerprint density at radius 1 is 1.50 bits per heavy atom. The summed E-state index contributed by atoms with van der Waals surface area (Å²) in [6, 6.07) is 7.90. The number of carbonyl (C=O) groups is 1. The molecule has 0 saturated heterocycles. The SMILES string of the molecule is CNC(=O)NCc1cn(C(C)c2cccc(Br)c2)nn1. The van der Waals surface area contributed by atoms with Crippen LogP contribution in [0.15, 0.2) is 34.9 Å². The molecule has 1 heterocycles. The number of hydrogen-bond acceptors (Lipinski definition) is 3. The van der Waals surface area contributed by atoms with Crippen molar-refractivity contribution in [3.8, 4) is 0 Å². The summed E-state index contributed by atoms with van der Waals surface area (Å²) >= 11 is 3.46. The zero-order valence-electron chi connectivity index (χ0n) is 11.3. The van der Waals surface area contributed by atoms with Crippen molar-refractivity contribution < 1.29 is 4.79 Å². The number of urea groups is 1. The molecule has 1 unspecified atom stereocenters. The number of amides is 2. The van der Waals surface area contributed by atoms with E-state index in [4.69, 9.17) is 0 Å². The summed E-state index contributed by atoms with van der Waals surface area (Å²) in [5, 5.41) is 13.3. The molecule has 0 aliphatic heterocycles. The minimum Gasteiger partial charge on any atom is -0.341 e. The summed E-state index contributed by atoms with van der Waals surface area (Å²) in [4.78, 5) is 11.1. The molecule has 0 bridgehead atoms. The van der Waals surface area contributed by atoms with E-state index >= 15 is 0 Å². The van der Waals surface area contributed by atoms with Crippen LogP contribution in [0.2, 0.25) is 0 Å². The third-order valence-corrected chi connectivity index (χ3v) is 3.44. The van der Waals surface area contributed by atoms with Crippen molar-refractivity contribution in [1.29, 1.82) is 0 Å². The van der Waals surface area contributed by atoms with Crippen LogP contribution < -0.4 is 10.6 Å². The largest absolute Gasteiger partial charge is 0.341 e. The standard InChI is InChI=1S/C13H16BrN5O/c1-9(10-4-3-5-11(14)6-10)19-8-12(17-18-19)7-16-13(20)15-2/h3-6,8-9H,7H2,1-2H3,(H2,15,16,20). The summed E-state index contributed by atoms with van der Waals surface area (Å²) in [5.74, 6) is 0. The number of benzene rings is 1. The molecular formula is C13H16BrN5O. The van der Waals surface area contributed by atoms with E-state index in [0.717, 1.165) is 15.7 Å². The monoisotopic (exact) mass is 337 g/mol. The number of carbonyl (C=O) groups excluding carboxylic acids is 1. The molecule has 7 heteroatoms. The van der Waals surface area contributed by atoms with Crippen molar-refractivity contribution in [2.24, 2.45) is 0 Å². The number of halogens is 1. The Balaban J connectivity index is 2.06. The van der Waals surface area contributed by atoms with Crippen molar-refractivity contribution in [3.05, 3.63) is 46.2 Å². The smallest absolute Gasteiger partial charge is 0.314 e. The fraction of sp³-hybridized carbons (Fsp3) is 0.308. The molecular weight excluding hydrogens is 322 g/mol. The topological polar surface area (TPSA) is 71.8 Å². The average Bonchev–Trinajstić information content (AvgIpc) is 2.92. The van der Waals surface area contributed by atoms with Gasteiger partial charge < -0.3 is 10.6 Å². The molecule has 2 aromatic rings. The second kappa shape index (κ2) is 6.51. The predicted octanol–water partition coefficient (Wildman–Crippen LogP) is 2.08. The second-order valence-corrected chi connectivity index (χ2v) is 5.27. The average molecular weight is 338 g/mol. The van der Waals surface area contributed by atoms with Gasteiger partial charge in [-0.15, -0.1) is 5.10 Å². The molecule has 0 aliphatic rings. The number of nitrogens with zero attached hydrogens (tertiary/aromatic N) is 3. The summed E-state index contributed by atoms with van der Waals surface area (Å²) in [7, 11) is 1.57. The highest BCUT2D eigenvalue weighted by molar-refractivity contribution is 9.10. The van der Waals surface area contributed by atoms with Gasteiger partial charge in [0.2, 0.25) is 0 Å². The van der Waals surface area contributed by atoms with Gasteiger partial charge >= 0.3 is 6.03 Å². The van der Waals surface area contributed by atoms with Crippen LogP contribution in [-0.4, -0.2) is 28.1 Å². The van der Waals surface area contributed by atoms with Gasteiger partial charge in [-0.05, 0) is 24.6 Å². The number of rotatable bonds is 4. The third-order valence-electron chi connectivity index (χ3n) is 2.94. The van der Waals surface area contributed by atoms with Crippen LogP contribution in [0.5, 0.6) is 0 Å². The first-order valence-electron chi connectivity index (χ1n) is 6.22. The summed E-state index contributed by atoms with van der Waals surface area (Å²) in [6.07, 6.45) is 1.83. The zero-order valence-corrected chi connectivity index (χ0v) is 12.9. The molecule has 0 spiro atoms. The Labute approximate surface area is 125 Å². The molecule has 1 aromatic heterocycles. The Bertz CT molecular complexity index is 598. The lowest BCUT2D eigenvalue weighted by molar-refractivity contribution is 0.242. The van der Waals surface area contributed by atoms with Crippen LogP contribution in [0.3, 0.4) is 0 Å². The van der Waals surface area contributed by atoms with Gasteiger partial charge in [0.25, 0.3) is 0 Å².